The average Bonchev–Trinajstić information content (AvgIpc) is 2.38. The number of carbonyl (C=O) groups excluding carboxylic acids is 1. The molecule has 0 amide bonds. The Morgan fingerprint density at radius 2 is 2.47 bits per heavy atom. The fourth-order valence-corrected chi connectivity index (χ4v) is 2.04. The van der Waals surface area contributed by atoms with Crippen molar-refractivity contribution in [2.45, 2.75) is 13.0 Å². The highest BCUT2D eigenvalue weighted by Gasteiger charge is 2.22. The molecule has 1 atom stereocenters. The average molecular weight is 235 g/mol. The van der Waals surface area contributed by atoms with Crippen molar-refractivity contribution in [1.29, 1.82) is 0 Å². The third kappa shape index (κ3) is 2.55. The molecule has 1 aromatic rings. The van der Waals surface area contributed by atoms with Crippen molar-refractivity contribution >= 4 is 11.8 Å². The van der Waals surface area contributed by atoms with Crippen molar-refractivity contribution in [3.63, 3.8) is 0 Å². The second-order valence-electron chi connectivity index (χ2n) is 4.17. The zero-order valence-corrected chi connectivity index (χ0v) is 10.1. The largest absolute Gasteiger partial charge is 0.465 e. The third-order valence-corrected chi connectivity index (χ3v) is 2.86. The monoisotopic (exact) mass is 235 g/mol. The number of ether oxygens (including phenoxy) is 1. The molecule has 0 radical (unpaired) electrons. The van der Waals surface area contributed by atoms with E-state index in [1.807, 2.05) is 0 Å². The van der Waals surface area contributed by atoms with Crippen LogP contribution in [-0.4, -0.2) is 43.7 Å². The van der Waals surface area contributed by atoms with E-state index in [0.29, 0.717) is 17.4 Å². The summed E-state index contributed by atoms with van der Waals surface area (Å²) in [4.78, 5) is 18.1. The Kier molecular flexibility index (Phi) is 3.58. The van der Waals surface area contributed by atoms with Gasteiger partial charge in [0.1, 0.15) is 11.4 Å². The number of esters is 1. The minimum absolute atomic E-state index is 0.334. The number of pyridine rings is 1. The molecule has 1 aromatic heterocycles. The molecule has 0 spiro atoms. The predicted octanol–water partition coefficient (Wildman–Crippen LogP) is 0.666. The molecule has 17 heavy (non-hydrogen) atoms. The molecule has 1 N–H and O–H groups in total. The van der Waals surface area contributed by atoms with E-state index in [1.165, 1.54) is 7.11 Å². The van der Waals surface area contributed by atoms with Crippen LogP contribution in [0.25, 0.3) is 0 Å². The van der Waals surface area contributed by atoms with Crippen molar-refractivity contribution in [2.24, 2.45) is 0 Å². The molecule has 0 aliphatic carbocycles. The Balaban J connectivity index is 2.27. The van der Waals surface area contributed by atoms with Gasteiger partial charge in [-0.15, -0.1) is 0 Å². The zero-order chi connectivity index (χ0) is 12.3. The summed E-state index contributed by atoms with van der Waals surface area (Å²) in [6, 6.07) is 3.90. The lowest BCUT2D eigenvalue weighted by atomic mass is 10.2. The van der Waals surface area contributed by atoms with E-state index in [9.17, 15) is 4.79 Å². The summed E-state index contributed by atoms with van der Waals surface area (Å²) < 4.78 is 4.77. The van der Waals surface area contributed by atoms with E-state index in [4.69, 9.17) is 4.74 Å². The highest BCUT2D eigenvalue weighted by Crippen LogP contribution is 2.19. The van der Waals surface area contributed by atoms with Gasteiger partial charge in [0.05, 0.1) is 7.11 Å². The van der Waals surface area contributed by atoms with Gasteiger partial charge in [-0.2, -0.15) is 0 Å². The number of nitrogens with one attached hydrogen (secondary N) is 1. The van der Waals surface area contributed by atoms with Crippen molar-refractivity contribution in [3.05, 3.63) is 23.9 Å². The third-order valence-electron chi connectivity index (χ3n) is 2.86. The molecule has 2 heterocycles. The van der Waals surface area contributed by atoms with Gasteiger partial charge in [0.25, 0.3) is 0 Å². The van der Waals surface area contributed by atoms with Crippen molar-refractivity contribution in [1.82, 2.24) is 10.3 Å². The fourth-order valence-electron chi connectivity index (χ4n) is 2.04. The zero-order valence-electron chi connectivity index (χ0n) is 10.1. The van der Waals surface area contributed by atoms with E-state index < -0.39 is 0 Å². The van der Waals surface area contributed by atoms with E-state index in [0.717, 1.165) is 19.6 Å². The molecule has 5 nitrogen and oxygen atoms in total. The van der Waals surface area contributed by atoms with Gasteiger partial charge in [-0.1, -0.05) is 0 Å². The SMILES string of the molecule is COC(=O)c1cccnc1N1CCNC(C)C1. The molecule has 0 saturated carbocycles. The van der Waals surface area contributed by atoms with Gasteiger partial charge in [-0.3, -0.25) is 0 Å². The standard InChI is InChI=1S/C12H17N3O2/c1-9-8-15(7-6-13-9)11-10(12(16)17-2)4-3-5-14-11/h3-5,9,13H,6-8H2,1-2H3. The van der Waals surface area contributed by atoms with Gasteiger partial charge in [0.15, 0.2) is 0 Å². The Bertz CT molecular complexity index is 408. The van der Waals surface area contributed by atoms with Gasteiger partial charge in [0.2, 0.25) is 0 Å². The summed E-state index contributed by atoms with van der Waals surface area (Å²) in [5.41, 5.74) is 0.532. The number of carbonyl (C=O) groups is 1. The highest BCUT2D eigenvalue weighted by molar-refractivity contribution is 5.94. The second kappa shape index (κ2) is 5.14. The number of hydrogen-bond acceptors (Lipinski definition) is 5. The first kappa shape index (κ1) is 11.9. The topological polar surface area (TPSA) is 54.5 Å². The minimum atomic E-state index is -0.334. The van der Waals surface area contributed by atoms with Crippen molar-refractivity contribution < 1.29 is 9.53 Å². The van der Waals surface area contributed by atoms with Gasteiger partial charge in [-0.05, 0) is 19.1 Å². The number of hydrogen-bond donors (Lipinski definition) is 1. The maximum absolute atomic E-state index is 11.7. The molecule has 1 unspecified atom stereocenters. The number of methoxy groups -OCH3 is 1. The van der Waals surface area contributed by atoms with Crippen LogP contribution in [0.4, 0.5) is 5.82 Å². The quantitative estimate of drug-likeness (QED) is 0.763. The summed E-state index contributed by atoms with van der Waals surface area (Å²) in [5, 5.41) is 3.36. The van der Waals surface area contributed by atoms with Crippen molar-refractivity contribution in [2.75, 3.05) is 31.6 Å². The Morgan fingerprint density at radius 3 is 3.18 bits per heavy atom. The van der Waals surface area contributed by atoms with Crippen LogP contribution in [0.15, 0.2) is 18.3 Å². The number of rotatable bonds is 2. The first-order valence-electron chi connectivity index (χ1n) is 5.74. The molecular formula is C12H17N3O2. The summed E-state index contributed by atoms with van der Waals surface area (Å²) in [6.07, 6.45) is 1.70. The fraction of sp³-hybridized carbons (Fsp3) is 0.500. The van der Waals surface area contributed by atoms with E-state index in [2.05, 4.69) is 22.1 Å². The van der Waals surface area contributed by atoms with Gasteiger partial charge < -0.3 is 15.0 Å². The highest BCUT2D eigenvalue weighted by atomic mass is 16.5. The lowest BCUT2D eigenvalue weighted by Gasteiger charge is -2.33. The van der Waals surface area contributed by atoms with Gasteiger partial charge in [0, 0.05) is 31.9 Å². The van der Waals surface area contributed by atoms with Crippen LogP contribution in [0.5, 0.6) is 0 Å². The smallest absolute Gasteiger partial charge is 0.341 e. The van der Waals surface area contributed by atoms with Crippen LogP contribution < -0.4 is 10.2 Å². The molecule has 92 valence electrons. The molecule has 1 saturated heterocycles. The Morgan fingerprint density at radius 1 is 1.65 bits per heavy atom. The number of piperazine rings is 1. The number of nitrogens with zero attached hydrogens (tertiary/aromatic N) is 2. The normalized spacial score (nSPS) is 20.1. The van der Waals surface area contributed by atoms with E-state index >= 15 is 0 Å². The molecule has 0 aromatic carbocycles. The summed E-state index contributed by atoms with van der Waals surface area (Å²) in [7, 11) is 1.39. The molecule has 1 aliphatic rings. The summed E-state index contributed by atoms with van der Waals surface area (Å²) >= 11 is 0. The second-order valence-corrected chi connectivity index (χ2v) is 4.17. The molecule has 5 heteroatoms. The van der Waals surface area contributed by atoms with Crippen LogP contribution in [0.2, 0.25) is 0 Å². The van der Waals surface area contributed by atoms with Crippen molar-refractivity contribution in [3.8, 4) is 0 Å². The molecule has 2 rings (SSSR count). The first-order chi connectivity index (χ1) is 8.22. The predicted molar refractivity (Wildman–Crippen MR) is 65.3 cm³/mol. The lowest BCUT2D eigenvalue weighted by Crippen LogP contribution is -2.50. The maximum Gasteiger partial charge on any atom is 0.341 e. The van der Waals surface area contributed by atoms with Crippen LogP contribution >= 0.6 is 0 Å². The molecule has 1 fully saturated rings. The van der Waals surface area contributed by atoms with Crippen LogP contribution in [0, 0.1) is 0 Å². The molecule has 0 bridgehead atoms. The first-order valence-corrected chi connectivity index (χ1v) is 5.74. The van der Waals surface area contributed by atoms with Crippen LogP contribution in [0.3, 0.4) is 0 Å². The van der Waals surface area contributed by atoms with Gasteiger partial charge >= 0.3 is 5.97 Å². The maximum atomic E-state index is 11.7. The molecular weight excluding hydrogens is 218 g/mol. The minimum Gasteiger partial charge on any atom is -0.465 e. The van der Waals surface area contributed by atoms with E-state index in [-0.39, 0.29) is 5.97 Å². The van der Waals surface area contributed by atoms with E-state index in [1.54, 1.807) is 18.3 Å². The lowest BCUT2D eigenvalue weighted by molar-refractivity contribution is 0.0601. The van der Waals surface area contributed by atoms with Gasteiger partial charge in [-0.25, -0.2) is 9.78 Å². The van der Waals surface area contributed by atoms with Crippen LogP contribution in [-0.2, 0) is 4.74 Å². The Hall–Kier alpha value is -1.62. The number of aromatic nitrogens is 1. The molecule has 1 aliphatic heterocycles. The Labute approximate surface area is 101 Å². The summed E-state index contributed by atoms with van der Waals surface area (Å²) in [5.74, 6) is 0.381. The number of anilines is 1. The van der Waals surface area contributed by atoms with Crippen LogP contribution in [0.1, 0.15) is 17.3 Å². The summed E-state index contributed by atoms with van der Waals surface area (Å²) in [6.45, 7) is 4.72.